The zero-order valence-corrected chi connectivity index (χ0v) is 14.0. The standard InChI is InChI=1S/C19H19NO2S/c1-14(2)15-10-12-17(13-11-15)23(21,22)20-19-9-5-7-16-6-3-4-8-18(16)19/h3-14,20H,1-2H3. The van der Waals surface area contributed by atoms with Gasteiger partial charge >= 0.3 is 0 Å². The number of fused-ring (bicyclic) bond motifs is 1. The SMILES string of the molecule is CC(C)c1ccc(S(=O)(=O)Nc2cccc3ccccc23)cc1. The van der Waals surface area contributed by atoms with Gasteiger partial charge in [0.1, 0.15) is 0 Å². The van der Waals surface area contributed by atoms with Gasteiger partial charge in [0, 0.05) is 5.39 Å². The molecule has 0 saturated heterocycles. The van der Waals surface area contributed by atoms with Crippen LogP contribution in [0.15, 0.2) is 71.6 Å². The first-order chi connectivity index (χ1) is 11.0. The first-order valence-corrected chi connectivity index (χ1v) is 9.06. The normalized spacial score (nSPS) is 11.8. The van der Waals surface area contributed by atoms with Gasteiger partial charge in [-0.1, -0.05) is 62.4 Å². The van der Waals surface area contributed by atoms with E-state index < -0.39 is 10.0 Å². The smallest absolute Gasteiger partial charge is 0.261 e. The molecular weight excluding hydrogens is 306 g/mol. The summed E-state index contributed by atoms with van der Waals surface area (Å²) in [5.74, 6) is 0.373. The zero-order valence-electron chi connectivity index (χ0n) is 13.2. The van der Waals surface area contributed by atoms with Crippen LogP contribution in [0.5, 0.6) is 0 Å². The number of anilines is 1. The summed E-state index contributed by atoms with van der Waals surface area (Å²) >= 11 is 0. The largest absolute Gasteiger partial charge is 0.279 e. The number of sulfonamides is 1. The van der Waals surface area contributed by atoms with E-state index in [1.54, 1.807) is 18.2 Å². The second-order valence-electron chi connectivity index (χ2n) is 5.86. The van der Waals surface area contributed by atoms with Crippen LogP contribution in [0.4, 0.5) is 5.69 Å². The predicted octanol–water partition coefficient (Wildman–Crippen LogP) is 4.76. The molecule has 1 N–H and O–H groups in total. The van der Waals surface area contributed by atoms with Crippen molar-refractivity contribution in [3.8, 4) is 0 Å². The average Bonchev–Trinajstić information content (AvgIpc) is 2.55. The third-order valence-electron chi connectivity index (χ3n) is 3.89. The number of hydrogen-bond donors (Lipinski definition) is 1. The highest BCUT2D eigenvalue weighted by atomic mass is 32.2. The summed E-state index contributed by atoms with van der Waals surface area (Å²) in [6.45, 7) is 4.16. The molecule has 0 heterocycles. The fourth-order valence-electron chi connectivity index (χ4n) is 2.55. The van der Waals surface area contributed by atoms with Gasteiger partial charge in [-0.15, -0.1) is 0 Å². The summed E-state index contributed by atoms with van der Waals surface area (Å²) in [7, 11) is -3.60. The lowest BCUT2D eigenvalue weighted by molar-refractivity contribution is 0.601. The van der Waals surface area contributed by atoms with Crippen molar-refractivity contribution in [3.05, 3.63) is 72.3 Å². The van der Waals surface area contributed by atoms with Crippen molar-refractivity contribution in [1.82, 2.24) is 0 Å². The molecule has 0 atom stereocenters. The Morgan fingerprint density at radius 3 is 2.17 bits per heavy atom. The first-order valence-electron chi connectivity index (χ1n) is 7.58. The molecule has 23 heavy (non-hydrogen) atoms. The minimum absolute atomic E-state index is 0.273. The van der Waals surface area contributed by atoms with Gasteiger partial charge in [-0.25, -0.2) is 8.42 Å². The second kappa shape index (κ2) is 6.05. The number of hydrogen-bond acceptors (Lipinski definition) is 2. The molecule has 0 aliphatic heterocycles. The molecule has 0 unspecified atom stereocenters. The minimum Gasteiger partial charge on any atom is -0.279 e. The summed E-state index contributed by atoms with van der Waals surface area (Å²) in [6.07, 6.45) is 0. The summed E-state index contributed by atoms with van der Waals surface area (Å²) in [4.78, 5) is 0.273. The lowest BCUT2D eigenvalue weighted by atomic mass is 10.0. The van der Waals surface area contributed by atoms with E-state index in [0.29, 0.717) is 11.6 Å². The van der Waals surface area contributed by atoms with Crippen LogP contribution in [-0.4, -0.2) is 8.42 Å². The van der Waals surface area contributed by atoms with Gasteiger partial charge in [0.25, 0.3) is 10.0 Å². The quantitative estimate of drug-likeness (QED) is 0.751. The van der Waals surface area contributed by atoms with Gasteiger partial charge in [0.05, 0.1) is 10.6 Å². The van der Waals surface area contributed by atoms with E-state index in [1.165, 1.54) is 0 Å². The van der Waals surface area contributed by atoms with Crippen molar-refractivity contribution in [2.45, 2.75) is 24.7 Å². The van der Waals surface area contributed by atoms with Crippen LogP contribution < -0.4 is 4.72 Å². The van der Waals surface area contributed by atoms with Crippen molar-refractivity contribution in [1.29, 1.82) is 0 Å². The Kier molecular flexibility index (Phi) is 4.09. The molecule has 0 fully saturated rings. The van der Waals surface area contributed by atoms with E-state index in [0.717, 1.165) is 16.3 Å². The van der Waals surface area contributed by atoms with E-state index in [2.05, 4.69) is 18.6 Å². The van der Waals surface area contributed by atoms with Gasteiger partial charge in [-0.2, -0.15) is 0 Å². The van der Waals surface area contributed by atoms with Crippen LogP contribution in [0.2, 0.25) is 0 Å². The molecule has 0 amide bonds. The van der Waals surface area contributed by atoms with Gasteiger partial charge in [-0.3, -0.25) is 4.72 Å². The lowest BCUT2D eigenvalue weighted by Crippen LogP contribution is -2.13. The maximum absolute atomic E-state index is 12.6. The van der Waals surface area contributed by atoms with E-state index in [1.807, 2.05) is 48.5 Å². The van der Waals surface area contributed by atoms with Crippen LogP contribution in [0.25, 0.3) is 10.8 Å². The minimum atomic E-state index is -3.60. The van der Waals surface area contributed by atoms with Crippen LogP contribution in [-0.2, 0) is 10.0 Å². The molecule has 4 heteroatoms. The molecule has 3 rings (SSSR count). The molecule has 0 radical (unpaired) electrons. The Labute approximate surface area is 137 Å². The fraction of sp³-hybridized carbons (Fsp3) is 0.158. The Morgan fingerprint density at radius 2 is 1.48 bits per heavy atom. The van der Waals surface area contributed by atoms with Crippen molar-refractivity contribution >= 4 is 26.5 Å². The molecular formula is C19H19NO2S. The summed E-state index contributed by atoms with van der Waals surface area (Å²) in [6, 6.07) is 20.3. The van der Waals surface area contributed by atoms with E-state index in [4.69, 9.17) is 0 Å². The number of benzene rings is 3. The van der Waals surface area contributed by atoms with E-state index >= 15 is 0 Å². The van der Waals surface area contributed by atoms with E-state index in [9.17, 15) is 8.42 Å². The molecule has 3 aromatic carbocycles. The highest BCUT2D eigenvalue weighted by molar-refractivity contribution is 7.92. The summed E-state index contributed by atoms with van der Waals surface area (Å²) in [5.41, 5.74) is 1.71. The Balaban J connectivity index is 1.97. The second-order valence-corrected chi connectivity index (χ2v) is 7.54. The average molecular weight is 325 g/mol. The molecule has 0 saturated carbocycles. The number of rotatable bonds is 4. The molecule has 0 spiro atoms. The molecule has 3 nitrogen and oxygen atoms in total. The van der Waals surface area contributed by atoms with Crippen LogP contribution in [0.3, 0.4) is 0 Å². The topological polar surface area (TPSA) is 46.2 Å². The first kappa shape index (κ1) is 15.6. The third kappa shape index (κ3) is 3.22. The Bertz CT molecular complexity index is 924. The van der Waals surface area contributed by atoms with Crippen molar-refractivity contribution in [2.24, 2.45) is 0 Å². The third-order valence-corrected chi connectivity index (χ3v) is 5.27. The van der Waals surface area contributed by atoms with Crippen molar-refractivity contribution < 1.29 is 8.42 Å². The van der Waals surface area contributed by atoms with Crippen LogP contribution in [0, 0.1) is 0 Å². The van der Waals surface area contributed by atoms with E-state index in [-0.39, 0.29) is 4.90 Å². The molecule has 3 aromatic rings. The van der Waals surface area contributed by atoms with Crippen LogP contribution in [0.1, 0.15) is 25.3 Å². The Morgan fingerprint density at radius 1 is 0.826 bits per heavy atom. The van der Waals surface area contributed by atoms with Gasteiger partial charge in [0.15, 0.2) is 0 Å². The maximum atomic E-state index is 12.6. The van der Waals surface area contributed by atoms with Gasteiger partial charge < -0.3 is 0 Å². The van der Waals surface area contributed by atoms with Crippen molar-refractivity contribution in [3.63, 3.8) is 0 Å². The van der Waals surface area contributed by atoms with Gasteiger partial charge in [0.2, 0.25) is 0 Å². The highest BCUT2D eigenvalue weighted by Gasteiger charge is 2.15. The maximum Gasteiger partial charge on any atom is 0.261 e. The molecule has 118 valence electrons. The molecule has 0 aliphatic carbocycles. The Hall–Kier alpha value is -2.33. The van der Waals surface area contributed by atoms with Gasteiger partial charge in [-0.05, 0) is 35.1 Å². The highest BCUT2D eigenvalue weighted by Crippen LogP contribution is 2.26. The molecule has 0 bridgehead atoms. The fourth-order valence-corrected chi connectivity index (χ4v) is 3.63. The van der Waals surface area contributed by atoms with Crippen molar-refractivity contribution in [2.75, 3.05) is 4.72 Å². The predicted molar refractivity (Wildman–Crippen MR) is 95.3 cm³/mol. The monoisotopic (exact) mass is 325 g/mol. The summed E-state index contributed by atoms with van der Waals surface area (Å²) in [5, 5.41) is 1.89. The molecule has 0 aromatic heterocycles. The van der Waals surface area contributed by atoms with Crippen LogP contribution >= 0.6 is 0 Å². The number of nitrogens with one attached hydrogen (secondary N) is 1. The summed E-state index contributed by atoms with van der Waals surface area (Å²) < 4.78 is 27.9. The zero-order chi connectivity index (χ0) is 16.4. The molecule has 0 aliphatic rings. The lowest BCUT2D eigenvalue weighted by Gasteiger charge is -2.12.